The first-order valence-electron chi connectivity index (χ1n) is 12.1. The molecule has 2 aromatic carbocycles. The third-order valence-corrected chi connectivity index (χ3v) is 6.70. The number of amides is 2. The Morgan fingerprint density at radius 2 is 1.51 bits per heavy atom. The molecule has 7 nitrogen and oxygen atoms in total. The van der Waals surface area contributed by atoms with Crippen LogP contribution < -0.4 is 10.6 Å². The molecule has 2 amide bonds. The Balaban J connectivity index is 1.71. The number of hydrogen-bond acceptors (Lipinski definition) is 4. The van der Waals surface area contributed by atoms with Crippen LogP contribution in [0.3, 0.4) is 0 Å². The Bertz CT molecular complexity index is 1050. The molecule has 0 fully saturated rings. The molecule has 3 N–H and O–H groups in total. The number of aliphatic carboxylic acids is 1. The highest BCUT2D eigenvalue weighted by Gasteiger charge is 2.39. The van der Waals surface area contributed by atoms with Crippen LogP contribution in [0.25, 0.3) is 11.1 Å². The van der Waals surface area contributed by atoms with Gasteiger partial charge in [-0.05, 0) is 41.0 Å². The molecule has 3 rings (SSSR count). The largest absolute Gasteiger partial charge is 0.481 e. The molecule has 0 saturated carbocycles. The summed E-state index contributed by atoms with van der Waals surface area (Å²) in [7, 11) is 0. The first-order chi connectivity index (χ1) is 16.5. The lowest BCUT2D eigenvalue weighted by molar-refractivity contribution is -0.139. The highest BCUT2D eigenvalue weighted by atomic mass is 16.5. The molecule has 0 bridgehead atoms. The van der Waals surface area contributed by atoms with Crippen LogP contribution in [0.1, 0.15) is 70.9 Å². The van der Waals surface area contributed by atoms with Crippen LogP contribution in [-0.4, -0.2) is 41.3 Å². The molecule has 0 spiro atoms. The number of alkyl carbamates (subject to hydrolysis) is 1. The van der Waals surface area contributed by atoms with Crippen molar-refractivity contribution in [2.45, 2.75) is 71.4 Å². The average Bonchev–Trinajstić information content (AvgIpc) is 3.10. The molecule has 1 aliphatic carbocycles. The van der Waals surface area contributed by atoms with E-state index in [1.807, 2.05) is 64.1 Å². The molecule has 35 heavy (non-hydrogen) atoms. The summed E-state index contributed by atoms with van der Waals surface area (Å²) in [6, 6.07) is 15.6. The van der Waals surface area contributed by atoms with Crippen molar-refractivity contribution >= 4 is 18.0 Å². The second-order valence-electron chi connectivity index (χ2n) is 10.5. The summed E-state index contributed by atoms with van der Waals surface area (Å²) in [6.45, 7) is 9.33. The Kier molecular flexibility index (Phi) is 7.88. The van der Waals surface area contributed by atoms with Gasteiger partial charge >= 0.3 is 12.1 Å². The molecule has 0 aromatic heterocycles. The van der Waals surface area contributed by atoms with Crippen LogP contribution in [0.2, 0.25) is 0 Å². The van der Waals surface area contributed by atoms with Gasteiger partial charge in [-0.3, -0.25) is 9.59 Å². The number of ether oxygens (including phenoxy) is 1. The summed E-state index contributed by atoms with van der Waals surface area (Å²) < 4.78 is 5.64. The number of benzene rings is 2. The van der Waals surface area contributed by atoms with Gasteiger partial charge in [-0.15, -0.1) is 0 Å². The Labute approximate surface area is 207 Å². The summed E-state index contributed by atoms with van der Waals surface area (Å²) in [4.78, 5) is 37.5. The van der Waals surface area contributed by atoms with Crippen molar-refractivity contribution in [3.05, 3.63) is 59.7 Å². The maximum Gasteiger partial charge on any atom is 0.408 e. The van der Waals surface area contributed by atoms with Gasteiger partial charge in [0.15, 0.2) is 0 Å². The van der Waals surface area contributed by atoms with Crippen molar-refractivity contribution in [3.8, 4) is 11.1 Å². The van der Waals surface area contributed by atoms with Crippen molar-refractivity contribution in [1.29, 1.82) is 0 Å². The fourth-order valence-corrected chi connectivity index (χ4v) is 4.66. The molecule has 188 valence electrons. The number of fused-ring (bicyclic) bond motifs is 3. The molecule has 2 aromatic rings. The smallest absolute Gasteiger partial charge is 0.408 e. The molecule has 7 heteroatoms. The maximum absolute atomic E-state index is 13.2. The average molecular weight is 481 g/mol. The van der Waals surface area contributed by atoms with E-state index in [0.29, 0.717) is 12.8 Å². The number of hydrogen-bond donors (Lipinski definition) is 3. The van der Waals surface area contributed by atoms with E-state index in [1.54, 1.807) is 6.92 Å². The molecule has 2 atom stereocenters. The Morgan fingerprint density at radius 3 is 2.00 bits per heavy atom. The zero-order valence-corrected chi connectivity index (χ0v) is 21.2. The van der Waals surface area contributed by atoms with E-state index in [-0.39, 0.29) is 18.9 Å². The van der Waals surface area contributed by atoms with Crippen LogP contribution in [-0.2, 0) is 14.3 Å². The zero-order chi connectivity index (χ0) is 25.8. The van der Waals surface area contributed by atoms with Crippen LogP contribution in [0.5, 0.6) is 0 Å². The topological polar surface area (TPSA) is 105 Å². The standard InChI is InChI=1S/C28H36N2O5/c1-6-15-28(5,25(33)29-23(16-24(31)32)27(2,3)4)30-26(34)35-17-22-20-13-9-7-11-18(20)19-12-8-10-14-21(19)22/h7-14,22-23H,6,15-17H2,1-5H3,(H,29,33)(H,30,34)(H,31,32). The number of carboxylic acid groups (broad SMARTS) is 1. The highest BCUT2D eigenvalue weighted by Crippen LogP contribution is 2.44. The number of carbonyl (C=O) groups excluding carboxylic acids is 2. The highest BCUT2D eigenvalue weighted by molar-refractivity contribution is 5.90. The third kappa shape index (κ3) is 6.02. The van der Waals surface area contributed by atoms with Crippen molar-refractivity contribution in [1.82, 2.24) is 10.6 Å². The fourth-order valence-electron chi connectivity index (χ4n) is 4.66. The molecule has 0 radical (unpaired) electrons. The van der Waals surface area contributed by atoms with Gasteiger partial charge < -0.3 is 20.5 Å². The first kappa shape index (κ1) is 26.3. The predicted molar refractivity (Wildman–Crippen MR) is 135 cm³/mol. The van der Waals surface area contributed by atoms with Crippen molar-refractivity contribution in [2.75, 3.05) is 6.61 Å². The van der Waals surface area contributed by atoms with Crippen LogP contribution in [0, 0.1) is 5.41 Å². The Hall–Kier alpha value is -3.35. The van der Waals surface area contributed by atoms with E-state index >= 15 is 0 Å². The van der Waals surface area contributed by atoms with E-state index in [9.17, 15) is 19.5 Å². The van der Waals surface area contributed by atoms with Gasteiger partial charge in [0.2, 0.25) is 5.91 Å². The maximum atomic E-state index is 13.2. The van der Waals surface area contributed by atoms with Gasteiger partial charge in [0.25, 0.3) is 0 Å². The van der Waals surface area contributed by atoms with E-state index in [1.165, 1.54) is 0 Å². The summed E-state index contributed by atoms with van der Waals surface area (Å²) in [5.41, 5.74) is 2.79. The van der Waals surface area contributed by atoms with Crippen molar-refractivity contribution in [3.63, 3.8) is 0 Å². The summed E-state index contributed by atoms with van der Waals surface area (Å²) in [5.74, 6) is -1.50. The summed E-state index contributed by atoms with van der Waals surface area (Å²) in [6.07, 6.45) is 0.144. The summed E-state index contributed by atoms with van der Waals surface area (Å²) >= 11 is 0. The van der Waals surface area contributed by atoms with E-state index in [0.717, 1.165) is 22.3 Å². The minimum Gasteiger partial charge on any atom is -0.481 e. The van der Waals surface area contributed by atoms with Gasteiger partial charge in [-0.2, -0.15) is 0 Å². The van der Waals surface area contributed by atoms with Crippen LogP contribution in [0.15, 0.2) is 48.5 Å². The Morgan fingerprint density at radius 1 is 0.971 bits per heavy atom. The van der Waals surface area contributed by atoms with Gasteiger partial charge in [0, 0.05) is 12.0 Å². The van der Waals surface area contributed by atoms with Crippen molar-refractivity contribution in [2.24, 2.45) is 5.41 Å². The lowest BCUT2D eigenvalue weighted by Crippen LogP contribution is -2.60. The van der Waals surface area contributed by atoms with Gasteiger partial charge in [0.1, 0.15) is 12.1 Å². The zero-order valence-electron chi connectivity index (χ0n) is 21.2. The molecular formula is C28H36N2O5. The normalized spacial score (nSPS) is 15.3. The third-order valence-electron chi connectivity index (χ3n) is 6.70. The second kappa shape index (κ2) is 10.5. The minimum absolute atomic E-state index is 0.0831. The van der Waals surface area contributed by atoms with Gasteiger partial charge in [0.05, 0.1) is 6.42 Å². The van der Waals surface area contributed by atoms with Crippen LogP contribution in [0.4, 0.5) is 4.79 Å². The minimum atomic E-state index is -1.24. The number of carboxylic acids is 1. The molecule has 1 aliphatic rings. The summed E-state index contributed by atoms with van der Waals surface area (Å²) in [5, 5.41) is 14.9. The molecule has 0 heterocycles. The fraction of sp³-hybridized carbons (Fsp3) is 0.464. The molecule has 0 aliphatic heterocycles. The monoisotopic (exact) mass is 480 g/mol. The van der Waals surface area contributed by atoms with E-state index < -0.39 is 35.0 Å². The van der Waals surface area contributed by atoms with Crippen LogP contribution >= 0.6 is 0 Å². The lowest BCUT2D eigenvalue weighted by atomic mass is 9.83. The van der Waals surface area contributed by atoms with E-state index in [2.05, 4.69) is 22.8 Å². The van der Waals surface area contributed by atoms with Gasteiger partial charge in [-0.1, -0.05) is 82.6 Å². The lowest BCUT2D eigenvalue weighted by Gasteiger charge is -2.35. The second-order valence-corrected chi connectivity index (χ2v) is 10.5. The number of carbonyl (C=O) groups is 3. The van der Waals surface area contributed by atoms with Gasteiger partial charge in [-0.25, -0.2) is 4.79 Å². The number of nitrogens with one attached hydrogen (secondary N) is 2. The van der Waals surface area contributed by atoms with E-state index in [4.69, 9.17) is 4.74 Å². The molecular weight excluding hydrogens is 444 g/mol. The number of rotatable bonds is 9. The molecule has 2 unspecified atom stereocenters. The molecule has 0 saturated heterocycles. The predicted octanol–water partition coefficient (Wildman–Crippen LogP) is 5.09. The first-order valence-corrected chi connectivity index (χ1v) is 12.1. The quantitative estimate of drug-likeness (QED) is 0.464. The SMILES string of the molecule is CCCC(C)(NC(=O)OCC1c2ccccc2-c2ccccc21)C(=O)NC(CC(=O)O)C(C)(C)C. The van der Waals surface area contributed by atoms with Crippen molar-refractivity contribution < 1.29 is 24.2 Å².